The second-order valence-corrected chi connectivity index (χ2v) is 3.51. The Kier molecular flexibility index (Phi) is 2.38. The summed E-state index contributed by atoms with van der Waals surface area (Å²) < 4.78 is 37.7. The molecule has 1 N–H and O–H groups in total. The molecule has 1 aromatic carbocycles. The largest absolute Gasteiger partial charge is 0.432 e. The molecule has 0 saturated heterocycles. The summed E-state index contributed by atoms with van der Waals surface area (Å²) >= 11 is 5.60. The Morgan fingerprint density at radius 1 is 1.31 bits per heavy atom. The molecule has 0 aliphatic rings. The lowest BCUT2D eigenvalue weighted by molar-refractivity contribution is -0.140. The van der Waals surface area contributed by atoms with Crippen molar-refractivity contribution >= 4 is 22.5 Å². The predicted molar refractivity (Wildman–Crippen MR) is 52.4 cm³/mol. The highest BCUT2D eigenvalue weighted by Crippen LogP contribution is 2.32. The molecule has 0 saturated carbocycles. The molecule has 0 radical (unpaired) electrons. The van der Waals surface area contributed by atoms with Gasteiger partial charge in [-0.05, 0) is 18.2 Å². The van der Waals surface area contributed by atoms with Crippen LogP contribution in [0.2, 0.25) is 5.02 Å². The fraction of sp³-hybridized carbons (Fsp3) is 0.111. The number of rotatable bonds is 0. The van der Waals surface area contributed by atoms with Crippen molar-refractivity contribution in [2.75, 3.05) is 0 Å². The summed E-state index contributed by atoms with van der Waals surface area (Å²) in [6.45, 7) is 0. The minimum Gasteiger partial charge on any atom is -0.301 e. The van der Waals surface area contributed by atoms with Crippen molar-refractivity contribution in [1.82, 2.24) is 9.97 Å². The molecule has 0 bridgehead atoms. The highest BCUT2D eigenvalue weighted by atomic mass is 35.5. The Morgan fingerprint density at radius 3 is 2.62 bits per heavy atom. The molecule has 3 nitrogen and oxygen atoms in total. The van der Waals surface area contributed by atoms with Gasteiger partial charge in [-0.3, -0.25) is 0 Å². The summed E-state index contributed by atoms with van der Waals surface area (Å²) in [5.41, 5.74) is -2.25. The van der Waals surface area contributed by atoms with Gasteiger partial charge in [0.25, 0.3) is 0 Å². The van der Waals surface area contributed by atoms with E-state index in [-0.39, 0.29) is 15.9 Å². The van der Waals surface area contributed by atoms with Crippen LogP contribution in [0.3, 0.4) is 0 Å². The van der Waals surface area contributed by atoms with E-state index in [1.54, 1.807) is 4.98 Å². The van der Waals surface area contributed by atoms with Crippen LogP contribution in [0.15, 0.2) is 23.0 Å². The molecule has 0 fully saturated rings. The monoisotopic (exact) mass is 248 g/mol. The van der Waals surface area contributed by atoms with Gasteiger partial charge >= 0.3 is 11.9 Å². The first-order valence-electron chi connectivity index (χ1n) is 4.15. The zero-order chi connectivity index (χ0) is 11.9. The summed E-state index contributed by atoms with van der Waals surface area (Å²) in [7, 11) is 0. The summed E-state index contributed by atoms with van der Waals surface area (Å²) in [6.07, 6.45) is -4.63. The number of nitrogens with one attached hydrogen (secondary N) is 1. The maximum atomic E-state index is 12.6. The molecule has 16 heavy (non-hydrogen) atoms. The third-order valence-corrected chi connectivity index (χ3v) is 2.20. The van der Waals surface area contributed by atoms with Gasteiger partial charge in [-0.1, -0.05) is 11.6 Å². The number of fused-ring (bicyclic) bond motifs is 1. The van der Waals surface area contributed by atoms with E-state index < -0.39 is 17.6 Å². The van der Waals surface area contributed by atoms with Gasteiger partial charge < -0.3 is 4.98 Å². The molecular weight excluding hydrogens is 245 g/mol. The highest BCUT2D eigenvalue weighted by Gasteiger charge is 2.34. The first-order chi connectivity index (χ1) is 7.38. The number of nitrogens with zero attached hydrogens (tertiary/aromatic N) is 1. The van der Waals surface area contributed by atoms with Gasteiger partial charge in [0.05, 0.1) is 5.52 Å². The normalized spacial score (nSPS) is 12.0. The van der Waals surface area contributed by atoms with Crippen LogP contribution in [0.4, 0.5) is 13.2 Å². The summed E-state index contributed by atoms with van der Waals surface area (Å²) in [6, 6.07) is 3.68. The van der Waals surface area contributed by atoms with Crippen molar-refractivity contribution in [3.63, 3.8) is 0 Å². The first kappa shape index (κ1) is 10.9. The molecule has 0 unspecified atom stereocenters. The van der Waals surface area contributed by atoms with Gasteiger partial charge in [0.2, 0.25) is 0 Å². The summed E-state index contributed by atoms with van der Waals surface area (Å²) in [5.74, 6) is 0. The lowest BCUT2D eigenvalue weighted by Gasteiger charge is -2.08. The van der Waals surface area contributed by atoms with E-state index in [2.05, 4.69) is 4.98 Å². The number of hydrogen-bond acceptors (Lipinski definition) is 2. The standard InChI is InChI=1S/C9H4ClF3N2O/c10-4-1-2-5-6(3-4)14-8(16)15-7(5)9(11,12)13/h1-3H,(H,14,15,16). The molecule has 0 aliphatic carbocycles. The van der Waals surface area contributed by atoms with Crippen molar-refractivity contribution < 1.29 is 13.2 Å². The molecule has 2 aromatic rings. The maximum Gasteiger partial charge on any atom is 0.432 e. The number of alkyl halides is 3. The Balaban J connectivity index is 2.89. The van der Waals surface area contributed by atoms with Gasteiger partial charge in [0.1, 0.15) is 5.69 Å². The van der Waals surface area contributed by atoms with Crippen molar-refractivity contribution in [3.05, 3.63) is 39.4 Å². The van der Waals surface area contributed by atoms with Gasteiger partial charge in [-0.2, -0.15) is 18.2 Å². The van der Waals surface area contributed by atoms with Crippen LogP contribution in [-0.4, -0.2) is 9.97 Å². The number of aromatic amines is 1. The molecule has 2 rings (SSSR count). The van der Waals surface area contributed by atoms with Gasteiger partial charge in [-0.15, -0.1) is 0 Å². The predicted octanol–water partition coefficient (Wildman–Crippen LogP) is 2.60. The molecule has 1 aromatic heterocycles. The van der Waals surface area contributed by atoms with Crippen molar-refractivity contribution in [2.24, 2.45) is 0 Å². The quantitative estimate of drug-likeness (QED) is 0.779. The maximum absolute atomic E-state index is 12.6. The van der Waals surface area contributed by atoms with Gasteiger partial charge in [-0.25, -0.2) is 4.79 Å². The first-order valence-corrected chi connectivity index (χ1v) is 4.52. The molecule has 0 atom stereocenters. The van der Waals surface area contributed by atoms with E-state index >= 15 is 0 Å². The number of benzene rings is 1. The van der Waals surface area contributed by atoms with Crippen LogP contribution in [0.25, 0.3) is 10.9 Å². The van der Waals surface area contributed by atoms with Crippen LogP contribution in [-0.2, 0) is 6.18 Å². The average Bonchev–Trinajstić information content (AvgIpc) is 2.14. The second kappa shape index (κ2) is 3.48. The van der Waals surface area contributed by atoms with Crippen molar-refractivity contribution in [1.29, 1.82) is 0 Å². The third kappa shape index (κ3) is 1.88. The van der Waals surface area contributed by atoms with Crippen molar-refractivity contribution in [3.8, 4) is 0 Å². The number of halogens is 4. The van der Waals surface area contributed by atoms with Crippen LogP contribution in [0.1, 0.15) is 5.69 Å². The molecule has 1 heterocycles. The minimum atomic E-state index is -4.63. The fourth-order valence-electron chi connectivity index (χ4n) is 1.34. The lowest BCUT2D eigenvalue weighted by atomic mass is 10.2. The van der Waals surface area contributed by atoms with E-state index in [1.165, 1.54) is 18.2 Å². The molecule has 84 valence electrons. The van der Waals surface area contributed by atoms with E-state index in [0.29, 0.717) is 0 Å². The minimum absolute atomic E-state index is 0.0800. The Labute approximate surface area is 91.9 Å². The third-order valence-electron chi connectivity index (χ3n) is 1.97. The SMILES string of the molecule is O=c1nc2cc(Cl)ccc2c(C(F)(F)F)[nH]1. The zero-order valence-corrected chi connectivity index (χ0v) is 8.36. The van der Waals surface area contributed by atoms with E-state index in [1.807, 2.05) is 0 Å². The number of hydrogen-bond donors (Lipinski definition) is 1. The van der Waals surface area contributed by atoms with Gasteiger partial charge in [0, 0.05) is 10.4 Å². The molecule has 0 spiro atoms. The highest BCUT2D eigenvalue weighted by molar-refractivity contribution is 6.31. The number of aromatic nitrogens is 2. The van der Waals surface area contributed by atoms with Crippen LogP contribution >= 0.6 is 11.6 Å². The summed E-state index contributed by atoms with van der Waals surface area (Å²) in [4.78, 5) is 16.0. The Bertz CT molecular complexity index is 606. The molecule has 7 heteroatoms. The number of H-pyrrole nitrogens is 1. The molecule has 0 amide bonds. The van der Waals surface area contributed by atoms with Gasteiger partial charge in [0.15, 0.2) is 0 Å². The second-order valence-electron chi connectivity index (χ2n) is 3.08. The van der Waals surface area contributed by atoms with Crippen LogP contribution < -0.4 is 5.69 Å². The van der Waals surface area contributed by atoms with Crippen LogP contribution in [0.5, 0.6) is 0 Å². The molecular formula is C9H4ClF3N2O. The van der Waals surface area contributed by atoms with Crippen molar-refractivity contribution in [2.45, 2.75) is 6.18 Å². The topological polar surface area (TPSA) is 45.8 Å². The zero-order valence-electron chi connectivity index (χ0n) is 7.60. The summed E-state index contributed by atoms with van der Waals surface area (Å²) in [5, 5.41) is 0.0372. The lowest BCUT2D eigenvalue weighted by Crippen LogP contribution is -2.19. The average molecular weight is 249 g/mol. The van der Waals surface area contributed by atoms with E-state index in [0.717, 1.165) is 0 Å². The Morgan fingerprint density at radius 2 is 2.00 bits per heavy atom. The van der Waals surface area contributed by atoms with Crippen LogP contribution in [0, 0.1) is 0 Å². The molecule has 0 aliphatic heterocycles. The van der Waals surface area contributed by atoms with E-state index in [9.17, 15) is 18.0 Å². The smallest absolute Gasteiger partial charge is 0.301 e. The van der Waals surface area contributed by atoms with E-state index in [4.69, 9.17) is 11.6 Å². The fourth-order valence-corrected chi connectivity index (χ4v) is 1.51. The Hall–Kier alpha value is -1.56.